The fourth-order valence-corrected chi connectivity index (χ4v) is 5.33. The van der Waals surface area contributed by atoms with Gasteiger partial charge in [-0.25, -0.2) is 9.59 Å². The van der Waals surface area contributed by atoms with Crippen molar-refractivity contribution in [1.29, 1.82) is 0 Å². The molecule has 8 nitrogen and oxygen atoms in total. The molecule has 0 aliphatic heterocycles. The Morgan fingerprint density at radius 3 is 1.40 bits per heavy atom. The summed E-state index contributed by atoms with van der Waals surface area (Å²) in [6, 6.07) is 16.5. The summed E-state index contributed by atoms with van der Waals surface area (Å²) >= 11 is 0. The van der Waals surface area contributed by atoms with Gasteiger partial charge in [0.05, 0.1) is 22.5 Å². The molecule has 2 fully saturated rings. The minimum atomic E-state index is -0.433. The molecule has 2 aliphatic rings. The molecule has 0 saturated heterocycles. The first-order valence-corrected chi connectivity index (χ1v) is 14.7. The number of ether oxygens (including phenoxy) is 2. The Morgan fingerprint density at radius 1 is 0.628 bits per heavy atom. The molecule has 0 atom stereocenters. The summed E-state index contributed by atoms with van der Waals surface area (Å²) < 4.78 is 11.2. The Labute approximate surface area is 266 Å². The van der Waals surface area contributed by atoms with Gasteiger partial charge in [0.25, 0.3) is 0 Å². The molecule has 0 bridgehead atoms. The molecule has 3 aromatic carbocycles. The van der Waals surface area contributed by atoms with Gasteiger partial charge in [0, 0.05) is 44.6 Å². The first-order valence-electron chi connectivity index (χ1n) is 14.7. The van der Waals surface area contributed by atoms with Crippen LogP contribution in [0.4, 0.5) is 11.4 Å². The van der Waals surface area contributed by atoms with Crippen molar-refractivity contribution in [2.75, 3.05) is 0 Å². The first-order chi connectivity index (χ1) is 20.5. The molecule has 5 rings (SSSR count). The molecule has 2 aliphatic carbocycles. The van der Waals surface area contributed by atoms with Gasteiger partial charge in [0.1, 0.15) is 23.7 Å². The quantitative estimate of drug-likeness (QED) is 0.181. The number of carbonyl (C=O) groups is 2. The molecule has 2 N–H and O–H groups in total. The maximum Gasteiger partial charge on any atom is 0.338 e. The van der Waals surface area contributed by atoms with Crippen LogP contribution in [0.25, 0.3) is 0 Å². The fraction of sp³-hybridized carbons (Fsp3) is 0.353. The van der Waals surface area contributed by atoms with Crippen LogP contribution in [0, 0.1) is 0 Å². The van der Waals surface area contributed by atoms with Gasteiger partial charge in [0.15, 0.2) is 0 Å². The molecule has 9 heteroatoms. The van der Waals surface area contributed by atoms with Crippen LogP contribution in [0.2, 0.25) is 0 Å². The second-order valence-corrected chi connectivity index (χ2v) is 10.9. The number of aliphatic imine (C=N–C) groups is 2. The number of phenolic OH excluding ortho intramolecular Hbond substituents is 2. The molecular formula is C34H36N2O6Pt. The molecular weight excluding hydrogens is 727 g/mol. The van der Waals surface area contributed by atoms with E-state index in [1.807, 2.05) is 12.1 Å². The van der Waals surface area contributed by atoms with E-state index >= 15 is 0 Å². The van der Waals surface area contributed by atoms with E-state index < -0.39 is 11.9 Å². The number of phenols is 2. The summed E-state index contributed by atoms with van der Waals surface area (Å²) in [5.41, 5.74) is 2.57. The number of para-hydroxylation sites is 2. The number of hydrogen-bond donors (Lipinski definition) is 2. The number of aromatic hydroxyl groups is 2. The Balaban J connectivity index is 0.00000423. The monoisotopic (exact) mass is 763 g/mol. The van der Waals surface area contributed by atoms with Gasteiger partial charge in [-0.1, -0.05) is 25.0 Å². The van der Waals surface area contributed by atoms with Crippen molar-refractivity contribution in [3.63, 3.8) is 0 Å². The zero-order valence-corrected chi connectivity index (χ0v) is 26.2. The predicted molar refractivity (Wildman–Crippen MR) is 162 cm³/mol. The van der Waals surface area contributed by atoms with Crippen LogP contribution in [0.1, 0.15) is 96.1 Å². The van der Waals surface area contributed by atoms with E-state index in [0.717, 1.165) is 51.4 Å². The van der Waals surface area contributed by atoms with Gasteiger partial charge in [-0.05, 0) is 99.9 Å². The standard InChI is InChI=1S/C34H36N2O6.Pt/c37-31-19-23(33(39)41-27-9-3-1-4-10-27)15-17-25(31)21-35-29-13-7-8-14-30(29)36-22-26-18-16-24(20-32(26)38)34(40)42-28-11-5-2-6-12-28;/h7-8,13-22,27-28,37-38H,1-6,9-12H2;. The number of rotatable bonds is 8. The van der Waals surface area contributed by atoms with E-state index in [-0.39, 0.29) is 44.8 Å². The predicted octanol–water partition coefficient (Wildman–Crippen LogP) is 7.58. The van der Waals surface area contributed by atoms with E-state index in [0.29, 0.717) is 33.6 Å². The summed E-state index contributed by atoms with van der Waals surface area (Å²) in [4.78, 5) is 34.0. The van der Waals surface area contributed by atoms with E-state index in [4.69, 9.17) is 9.47 Å². The van der Waals surface area contributed by atoms with E-state index in [1.54, 1.807) is 36.4 Å². The van der Waals surface area contributed by atoms with Gasteiger partial charge in [-0.2, -0.15) is 0 Å². The summed E-state index contributed by atoms with van der Waals surface area (Å²) in [5.74, 6) is -1.02. The van der Waals surface area contributed by atoms with Crippen molar-refractivity contribution in [3.8, 4) is 11.5 Å². The summed E-state index contributed by atoms with van der Waals surface area (Å²) in [6.07, 6.45) is 13.0. The zero-order chi connectivity index (χ0) is 29.3. The van der Waals surface area contributed by atoms with Crippen LogP contribution in [-0.4, -0.2) is 46.8 Å². The Hall–Kier alpha value is -3.77. The second kappa shape index (κ2) is 15.6. The molecule has 0 unspecified atom stereocenters. The third-order valence-corrected chi connectivity index (χ3v) is 7.75. The number of hydrogen-bond acceptors (Lipinski definition) is 8. The number of nitrogens with zero attached hydrogens (tertiary/aromatic N) is 2. The smallest absolute Gasteiger partial charge is 0.338 e. The third-order valence-electron chi connectivity index (χ3n) is 7.75. The fourth-order valence-electron chi connectivity index (χ4n) is 5.33. The zero-order valence-electron chi connectivity index (χ0n) is 23.9. The normalized spacial score (nSPS) is 16.2. The van der Waals surface area contributed by atoms with Crippen LogP contribution < -0.4 is 0 Å². The summed E-state index contributed by atoms with van der Waals surface area (Å²) in [7, 11) is 0. The molecule has 228 valence electrons. The van der Waals surface area contributed by atoms with Crippen molar-refractivity contribution < 1.29 is 50.3 Å². The first kappa shape index (κ1) is 32.1. The van der Waals surface area contributed by atoms with Gasteiger partial charge >= 0.3 is 11.9 Å². The molecule has 43 heavy (non-hydrogen) atoms. The molecule has 3 aromatic rings. The molecule has 0 heterocycles. The molecule has 0 radical (unpaired) electrons. The van der Waals surface area contributed by atoms with Crippen LogP contribution in [-0.2, 0) is 30.5 Å². The number of esters is 2. The Morgan fingerprint density at radius 2 is 1.02 bits per heavy atom. The summed E-state index contributed by atoms with van der Waals surface area (Å²) in [6.45, 7) is 0. The van der Waals surface area contributed by atoms with Crippen LogP contribution in [0.5, 0.6) is 11.5 Å². The van der Waals surface area contributed by atoms with Crippen molar-refractivity contribution in [1.82, 2.24) is 0 Å². The third kappa shape index (κ3) is 8.87. The maximum atomic E-state index is 12.5. The van der Waals surface area contributed by atoms with Crippen LogP contribution >= 0.6 is 0 Å². The Kier molecular flexibility index (Phi) is 11.7. The maximum absolute atomic E-state index is 12.5. The van der Waals surface area contributed by atoms with Gasteiger partial charge in [-0.15, -0.1) is 0 Å². The average molecular weight is 764 g/mol. The molecule has 2 saturated carbocycles. The number of carbonyl (C=O) groups excluding carboxylic acids is 2. The molecule has 0 amide bonds. The SMILES string of the molecule is O=C(OC1CCCCC1)c1ccc(C=Nc2ccccc2N=Cc2ccc(C(=O)OC3CCCCC3)cc2O)c(O)c1.[Pt]. The van der Waals surface area contributed by atoms with E-state index in [2.05, 4.69) is 9.98 Å². The second-order valence-electron chi connectivity index (χ2n) is 10.9. The number of benzene rings is 3. The van der Waals surface area contributed by atoms with Crippen molar-refractivity contribution in [2.45, 2.75) is 76.4 Å². The molecule has 0 spiro atoms. The Bertz CT molecular complexity index is 1360. The van der Waals surface area contributed by atoms with Crippen molar-refractivity contribution in [2.24, 2.45) is 9.98 Å². The minimum absolute atomic E-state index is 0. The van der Waals surface area contributed by atoms with Crippen LogP contribution in [0.3, 0.4) is 0 Å². The topological polar surface area (TPSA) is 118 Å². The van der Waals surface area contributed by atoms with Gasteiger partial charge in [-0.3, -0.25) is 9.98 Å². The van der Waals surface area contributed by atoms with Crippen molar-refractivity contribution >= 4 is 35.7 Å². The largest absolute Gasteiger partial charge is 0.507 e. The summed E-state index contributed by atoms with van der Waals surface area (Å²) in [5, 5.41) is 21.1. The van der Waals surface area contributed by atoms with E-state index in [1.165, 1.54) is 37.4 Å². The van der Waals surface area contributed by atoms with Crippen LogP contribution in [0.15, 0.2) is 70.6 Å². The van der Waals surface area contributed by atoms with E-state index in [9.17, 15) is 19.8 Å². The van der Waals surface area contributed by atoms with Gasteiger partial charge in [0.2, 0.25) is 0 Å². The molecule has 0 aromatic heterocycles. The van der Waals surface area contributed by atoms with Crippen molar-refractivity contribution in [3.05, 3.63) is 82.9 Å². The van der Waals surface area contributed by atoms with Gasteiger partial charge < -0.3 is 19.7 Å². The minimum Gasteiger partial charge on any atom is -0.507 e. The average Bonchev–Trinajstić information content (AvgIpc) is 3.01.